The number of benzene rings is 1. The Morgan fingerprint density at radius 3 is 2.72 bits per heavy atom. The van der Waals surface area contributed by atoms with Gasteiger partial charge in [0.2, 0.25) is 0 Å². The van der Waals surface area contributed by atoms with Gasteiger partial charge in [-0.2, -0.15) is 0 Å². The highest BCUT2D eigenvalue weighted by Crippen LogP contribution is 2.39. The smallest absolute Gasteiger partial charge is 0.0169 e. The molecule has 3 rings (SSSR count). The summed E-state index contributed by atoms with van der Waals surface area (Å²) in [6.07, 6.45) is 0. The van der Waals surface area contributed by atoms with E-state index in [1.54, 1.807) is 5.56 Å². The van der Waals surface area contributed by atoms with Crippen LogP contribution in [0, 0.1) is 0 Å². The predicted octanol–water partition coefficient (Wildman–Crippen LogP) is 2.56. The summed E-state index contributed by atoms with van der Waals surface area (Å²) in [5.41, 5.74) is 1.57. The predicted molar refractivity (Wildman–Crippen MR) is 78.4 cm³/mol. The molecule has 3 heteroatoms. The molecule has 98 valence electrons. The third-order valence-corrected chi connectivity index (χ3v) is 5.16. The largest absolute Gasteiger partial charge is 0.309 e. The molecule has 18 heavy (non-hydrogen) atoms. The summed E-state index contributed by atoms with van der Waals surface area (Å²) in [5, 5.41) is 3.61. The molecule has 1 aromatic carbocycles. The first-order chi connectivity index (χ1) is 8.72. The average Bonchev–Trinajstić information content (AvgIpc) is 2.72. The Kier molecular flexibility index (Phi) is 3.64. The molecule has 0 spiro atoms. The molecular formula is C15H22N2S. The monoisotopic (exact) mass is 262 g/mol. The summed E-state index contributed by atoms with van der Waals surface area (Å²) in [7, 11) is 0. The van der Waals surface area contributed by atoms with Crippen molar-refractivity contribution in [2.75, 3.05) is 25.4 Å². The van der Waals surface area contributed by atoms with E-state index < -0.39 is 0 Å². The van der Waals surface area contributed by atoms with Gasteiger partial charge in [-0.1, -0.05) is 18.2 Å². The van der Waals surface area contributed by atoms with Gasteiger partial charge in [-0.25, -0.2) is 0 Å². The normalized spacial score (nSPS) is 32.4. The van der Waals surface area contributed by atoms with Crippen LogP contribution < -0.4 is 5.32 Å². The Labute approximate surface area is 114 Å². The van der Waals surface area contributed by atoms with Crippen molar-refractivity contribution >= 4 is 11.8 Å². The van der Waals surface area contributed by atoms with Crippen molar-refractivity contribution in [1.29, 1.82) is 0 Å². The molecule has 2 aliphatic rings. The number of fused-ring (bicyclic) bond motifs is 1. The number of thioether (sulfide) groups is 1. The molecule has 1 aromatic rings. The summed E-state index contributed by atoms with van der Waals surface area (Å²) in [6, 6.07) is 10.2. The Morgan fingerprint density at radius 2 is 1.94 bits per heavy atom. The Balaban J connectivity index is 1.67. The maximum absolute atomic E-state index is 3.61. The molecule has 3 atom stereocenters. The van der Waals surface area contributed by atoms with Crippen LogP contribution in [-0.2, 0) is 0 Å². The van der Waals surface area contributed by atoms with E-state index in [4.69, 9.17) is 0 Å². The lowest BCUT2D eigenvalue weighted by atomic mass is 9.99. The Hall–Kier alpha value is -0.510. The lowest BCUT2D eigenvalue weighted by Gasteiger charge is -2.37. The lowest BCUT2D eigenvalue weighted by Crippen LogP contribution is -2.54. The van der Waals surface area contributed by atoms with Crippen LogP contribution >= 0.6 is 11.8 Å². The third-order valence-electron chi connectivity index (χ3n) is 3.91. The van der Waals surface area contributed by atoms with Gasteiger partial charge in [0.1, 0.15) is 0 Å². The van der Waals surface area contributed by atoms with Crippen LogP contribution in [0.5, 0.6) is 0 Å². The van der Waals surface area contributed by atoms with E-state index in [2.05, 4.69) is 48.3 Å². The van der Waals surface area contributed by atoms with E-state index in [-0.39, 0.29) is 0 Å². The zero-order valence-corrected chi connectivity index (χ0v) is 12.0. The van der Waals surface area contributed by atoms with E-state index in [0.29, 0.717) is 12.1 Å². The fourth-order valence-electron chi connectivity index (χ4n) is 3.28. The minimum absolute atomic E-state index is 0.623. The number of hydrogen-bond donors (Lipinski definition) is 1. The van der Waals surface area contributed by atoms with Crippen LogP contribution in [-0.4, -0.2) is 42.4 Å². The highest BCUT2D eigenvalue weighted by molar-refractivity contribution is 7.99. The van der Waals surface area contributed by atoms with Crippen LogP contribution in [0.15, 0.2) is 29.2 Å². The van der Waals surface area contributed by atoms with Crippen molar-refractivity contribution in [1.82, 2.24) is 10.2 Å². The molecule has 0 bridgehead atoms. The SMILES string of the molecule is CC1CN(CC2CSc3ccccc32)CC(C)N1. The molecule has 2 nitrogen and oxygen atoms in total. The van der Waals surface area contributed by atoms with Gasteiger partial charge in [0.15, 0.2) is 0 Å². The zero-order chi connectivity index (χ0) is 12.5. The van der Waals surface area contributed by atoms with Gasteiger partial charge in [-0.15, -0.1) is 11.8 Å². The second-order valence-corrected chi connectivity index (χ2v) is 6.79. The molecule has 1 fully saturated rings. The van der Waals surface area contributed by atoms with E-state index in [0.717, 1.165) is 5.92 Å². The average molecular weight is 262 g/mol. The van der Waals surface area contributed by atoms with Crippen molar-refractivity contribution in [3.8, 4) is 0 Å². The molecule has 0 amide bonds. The molecule has 1 N–H and O–H groups in total. The van der Waals surface area contributed by atoms with E-state index in [1.807, 2.05) is 11.8 Å². The number of piperazine rings is 1. The maximum Gasteiger partial charge on any atom is 0.0169 e. The second-order valence-electron chi connectivity index (χ2n) is 5.73. The highest BCUT2D eigenvalue weighted by atomic mass is 32.2. The molecule has 0 aliphatic carbocycles. The number of nitrogens with one attached hydrogen (secondary N) is 1. The molecule has 0 radical (unpaired) electrons. The highest BCUT2D eigenvalue weighted by Gasteiger charge is 2.28. The van der Waals surface area contributed by atoms with Gasteiger partial charge in [-0.05, 0) is 25.5 Å². The van der Waals surface area contributed by atoms with Crippen LogP contribution in [0.4, 0.5) is 0 Å². The van der Waals surface area contributed by atoms with Gasteiger partial charge >= 0.3 is 0 Å². The molecule has 1 saturated heterocycles. The fraction of sp³-hybridized carbons (Fsp3) is 0.600. The van der Waals surface area contributed by atoms with Gasteiger partial charge in [0, 0.05) is 48.3 Å². The molecule has 2 heterocycles. The second kappa shape index (κ2) is 5.24. The van der Waals surface area contributed by atoms with Crippen molar-refractivity contribution in [2.24, 2.45) is 0 Å². The van der Waals surface area contributed by atoms with E-state index in [1.165, 1.54) is 30.3 Å². The first-order valence-electron chi connectivity index (χ1n) is 6.92. The number of nitrogens with zero attached hydrogens (tertiary/aromatic N) is 1. The third kappa shape index (κ3) is 2.58. The molecule has 0 aromatic heterocycles. The first-order valence-corrected chi connectivity index (χ1v) is 7.91. The summed E-state index contributed by atoms with van der Waals surface area (Å²) in [6.45, 7) is 8.18. The number of hydrogen-bond acceptors (Lipinski definition) is 3. The van der Waals surface area contributed by atoms with Crippen molar-refractivity contribution in [2.45, 2.75) is 36.7 Å². The molecule has 3 unspecified atom stereocenters. The minimum Gasteiger partial charge on any atom is -0.309 e. The zero-order valence-electron chi connectivity index (χ0n) is 11.2. The van der Waals surface area contributed by atoms with Crippen LogP contribution in [0.25, 0.3) is 0 Å². The maximum atomic E-state index is 3.61. The molecule has 2 aliphatic heterocycles. The summed E-state index contributed by atoms with van der Waals surface area (Å²) in [4.78, 5) is 4.14. The van der Waals surface area contributed by atoms with E-state index in [9.17, 15) is 0 Å². The van der Waals surface area contributed by atoms with Crippen molar-refractivity contribution < 1.29 is 0 Å². The molecule has 0 saturated carbocycles. The topological polar surface area (TPSA) is 15.3 Å². The quantitative estimate of drug-likeness (QED) is 0.882. The van der Waals surface area contributed by atoms with Gasteiger partial charge in [0.05, 0.1) is 0 Å². The summed E-state index contributed by atoms with van der Waals surface area (Å²) >= 11 is 2.02. The summed E-state index contributed by atoms with van der Waals surface area (Å²) < 4.78 is 0. The van der Waals surface area contributed by atoms with Gasteiger partial charge in [0.25, 0.3) is 0 Å². The van der Waals surface area contributed by atoms with Crippen molar-refractivity contribution in [3.05, 3.63) is 29.8 Å². The standard InChI is InChI=1S/C15H22N2S/c1-11-7-17(8-12(2)16-11)9-13-10-18-15-6-4-3-5-14(13)15/h3-6,11-13,16H,7-10H2,1-2H3. The van der Waals surface area contributed by atoms with E-state index >= 15 is 0 Å². The van der Waals surface area contributed by atoms with Crippen LogP contribution in [0.3, 0.4) is 0 Å². The van der Waals surface area contributed by atoms with Crippen molar-refractivity contribution in [3.63, 3.8) is 0 Å². The number of rotatable bonds is 2. The van der Waals surface area contributed by atoms with Crippen LogP contribution in [0.2, 0.25) is 0 Å². The Morgan fingerprint density at radius 1 is 1.22 bits per heavy atom. The first kappa shape index (κ1) is 12.5. The lowest BCUT2D eigenvalue weighted by molar-refractivity contribution is 0.167. The van der Waals surface area contributed by atoms with Gasteiger partial charge < -0.3 is 5.32 Å². The van der Waals surface area contributed by atoms with Gasteiger partial charge in [-0.3, -0.25) is 4.90 Å². The Bertz CT molecular complexity index is 411. The van der Waals surface area contributed by atoms with Crippen LogP contribution in [0.1, 0.15) is 25.3 Å². The minimum atomic E-state index is 0.623. The molecular weight excluding hydrogens is 240 g/mol. The summed E-state index contributed by atoms with van der Waals surface area (Å²) in [5.74, 6) is 1.98. The fourth-order valence-corrected chi connectivity index (χ4v) is 4.52.